The minimum atomic E-state index is 0.592. The number of rotatable bonds is 0. The third-order valence-corrected chi connectivity index (χ3v) is 2.30. The van der Waals surface area contributed by atoms with Crippen LogP contribution in [0.5, 0.6) is 0 Å². The van der Waals surface area contributed by atoms with E-state index in [-0.39, 0.29) is 0 Å². The molecule has 0 unspecified atom stereocenters. The van der Waals surface area contributed by atoms with Crippen molar-refractivity contribution >= 4 is 5.96 Å². The number of fused-ring (bicyclic) bond motifs is 1. The van der Waals surface area contributed by atoms with E-state index in [1.165, 1.54) is 0 Å². The van der Waals surface area contributed by atoms with E-state index in [1.807, 2.05) is 17.3 Å². The van der Waals surface area contributed by atoms with E-state index in [0.29, 0.717) is 5.96 Å². The molecule has 5 heteroatoms. The van der Waals surface area contributed by atoms with E-state index in [2.05, 4.69) is 14.5 Å². The van der Waals surface area contributed by atoms with Crippen LogP contribution < -0.4 is 5.73 Å². The first-order valence-corrected chi connectivity index (χ1v) is 4.28. The van der Waals surface area contributed by atoms with Gasteiger partial charge in [0.2, 0.25) is 0 Å². The molecule has 0 bridgehead atoms. The van der Waals surface area contributed by atoms with Gasteiger partial charge in [0, 0.05) is 32.5 Å². The van der Waals surface area contributed by atoms with Crippen molar-refractivity contribution in [1.29, 1.82) is 0 Å². The van der Waals surface area contributed by atoms with E-state index in [0.717, 1.165) is 25.5 Å². The summed E-state index contributed by atoms with van der Waals surface area (Å²) in [5.41, 5.74) is 5.71. The lowest BCUT2D eigenvalue weighted by molar-refractivity contribution is 0.326. The van der Waals surface area contributed by atoms with Gasteiger partial charge in [-0.15, -0.1) is 0 Å². The van der Waals surface area contributed by atoms with Crippen molar-refractivity contribution in [1.82, 2.24) is 14.5 Å². The molecule has 0 radical (unpaired) electrons. The van der Waals surface area contributed by atoms with Crippen molar-refractivity contribution in [3.05, 3.63) is 18.2 Å². The lowest BCUT2D eigenvalue weighted by Crippen LogP contribution is -2.42. The lowest BCUT2D eigenvalue weighted by atomic mass is 10.4. The summed E-state index contributed by atoms with van der Waals surface area (Å²) in [7, 11) is 1.70. The molecule has 0 atom stereocenters. The second-order valence-electron chi connectivity index (χ2n) is 3.04. The Labute approximate surface area is 76.9 Å². The Bertz CT molecular complexity index is 327. The molecule has 70 valence electrons. The van der Waals surface area contributed by atoms with Gasteiger partial charge >= 0.3 is 0 Å². The molecule has 2 heterocycles. The van der Waals surface area contributed by atoms with Crippen LogP contribution >= 0.6 is 0 Å². The van der Waals surface area contributed by atoms with Gasteiger partial charge < -0.3 is 15.2 Å². The van der Waals surface area contributed by atoms with Crippen molar-refractivity contribution < 1.29 is 0 Å². The molecule has 0 saturated carbocycles. The highest BCUT2D eigenvalue weighted by atomic mass is 15.3. The highest BCUT2D eigenvalue weighted by molar-refractivity contribution is 5.77. The summed E-state index contributed by atoms with van der Waals surface area (Å²) in [5.74, 6) is 1.65. The minimum absolute atomic E-state index is 0.592. The van der Waals surface area contributed by atoms with Crippen molar-refractivity contribution in [2.24, 2.45) is 10.7 Å². The maximum Gasteiger partial charge on any atom is 0.191 e. The zero-order valence-electron chi connectivity index (χ0n) is 7.64. The Kier molecular flexibility index (Phi) is 1.92. The van der Waals surface area contributed by atoms with E-state index in [9.17, 15) is 0 Å². The van der Waals surface area contributed by atoms with Crippen LogP contribution in [0, 0.1) is 0 Å². The molecule has 5 nitrogen and oxygen atoms in total. The van der Waals surface area contributed by atoms with Gasteiger partial charge in [-0.3, -0.25) is 4.99 Å². The standard InChI is InChI=1S/C8H13N5/c1-10-8(9)13-5-4-12-3-2-11-7(12)6-13/h2-3H,4-6H2,1H3,(H2,9,10). The molecule has 1 aliphatic heterocycles. The van der Waals surface area contributed by atoms with Crippen LogP contribution in [0.3, 0.4) is 0 Å². The van der Waals surface area contributed by atoms with Crippen molar-refractivity contribution in [3.63, 3.8) is 0 Å². The van der Waals surface area contributed by atoms with E-state index < -0.39 is 0 Å². The summed E-state index contributed by atoms with van der Waals surface area (Å²) >= 11 is 0. The van der Waals surface area contributed by atoms with Crippen molar-refractivity contribution in [3.8, 4) is 0 Å². The Morgan fingerprint density at radius 3 is 3.23 bits per heavy atom. The van der Waals surface area contributed by atoms with Crippen molar-refractivity contribution in [2.45, 2.75) is 13.1 Å². The first-order valence-electron chi connectivity index (χ1n) is 4.28. The molecule has 0 aromatic carbocycles. The minimum Gasteiger partial charge on any atom is -0.370 e. The number of hydrogen-bond acceptors (Lipinski definition) is 2. The zero-order chi connectivity index (χ0) is 9.26. The van der Waals surface area contributed by atoms with Gasteiger partial charge in [0.1, 0.15) is 5.82 Å². The molecule has 2 N–H and O–H groups in total. The third kappa shape index (κ3) is 1.37. The van der Waals surface area contributed by atoms with Gasteiger partial charge in [-0.1, -0.05) is 0 Å². The first-order chi connectivity index (χ1) is 6.31. The molecule has 0 fully saturated rings. The molecule has 1 aliphatic rings. The van der Waals surface area contributed by atoms with Crippen LogP contribution in [0.25, 0.3) is 0 Å². The van der Waals surface area contributed by atoms with Crippen LogP contribution in [0.15, 0.2) is 17.4 Å². The number of aliphatic imine (C=N–C) groups is 1. The number of aromatic nitrogens is 2. The smallest absolute Gasteiger partial charge is 0.191 e. The Balaban J connectivity index is 2.17. The summed E-state index contributed by atoms with van der Waals surface area (Å²) in [6.45, 7) is 2.61. The largest absolute Gasteiger partial charge is 0.370 e. The number of guanidine groups is 1. The summed E-state index contributed by atoms with van der Waals surface area (Å²) in [6, 6.07) is 0. The number of imidazole rings is 1. The van der Waals surface area contributed by atoms with Crippen LogP contribution in [0.2, 0.25) is 0 Å². The molecule has 13 heavy (non-hydrogen) atoms. The molecule has 0 spiro atoms. The molecule has 2 rings (SSSR count). The third-order valence-electron chi connectivity index (χ3n) is 2.30. The quantitative estimate of drug-likeness (QED) is 0.437. The fourth-order valence-corrected chi connectivity index (χ4v) is 1.51. The zero-order valence-corrected chi connectivity index (χ0v) is 7.64. The van der Waals surface area contributed by atoms with Gasteiger partial charge in [-0.25, -0.2) is 4.98 Å². The first kappa shape index (κ1) is 8.10. The predicted molar refractivity (Wildman–Crippen MR) is 50.2 cm³/mol. The molecular weight excluding hydrogens is 166 g/mol. The average molecular weight is 179 g/mol. The maximum atomic E-state index is 5.71. The second kappa shape index (κ2) is 3.08. The summed E-state index contributed by atoms with van der Waals surface area (Å²) in [4.78, 5) is 10.2. The van der Waals surface area contributed by atoms with Gasteiger partial charge in [-0.05, 0) is 0 Å². The summed E-state index contributed by atoms with van der Waals surface area (Å²) in [6.07, 6.45) is 3.81. The van der Waals surface area contributed by atoms with E-state index in [4.69, 9.17) is 5.73 Å². The van der Waals surface area contributed by atoms with Gasteiger partial charge in [0.25, 0.3) is 0 Å². The molecular formula is C8H13N5. The molecule has 0 amide bonds. The predicted octanol–water partition coefficient (Wildman–Crippen LogP) is -0.357. The van der Waals surface area contributed by atoms with Crippen LogP contribution in [0.4, 0.5) is 0 Å². The van der Waals surface area contributed by atoms with Gasteiger partial charge in [0.05, 0.1) is 6.54 Å². The molecule has 1 aromatic heterocycles. The second-order valence-corrected chi connectivity index (χ2v) is 3.04. The molecule has 1 aromatic rings. The van der Waals surface area contributed by atoms with Crippen LogP contribution in [0.1, 0.15) is 5.82 Å². The summed E-state index contributed by atoms with van der Waals surface area (Å²) in [5, 5.41) is 0. The topological polar surface area (TPSA) is 59.4 Å². The normalized spacial score (nSPS) is 17.3. The highest BCUT2D eigenvalue weighted by Crippen LogP contribution is 2.08. The van der Waals surface area contributed by atoms with Crippen LogP contribution in [-0.4, -0.2) is 34.0 Å². The van der Waals surface area contributed by atoms with Gasteiger partial charge in [-0.2, -0.15) is 0 Å². The van der Waals surface area contributed by atoms with Crippen LogP contribution in [-0.2, 0) is 13.1 Å². The Morgan fingerprint density at radius 1 is 1.62 bits per heavy atom. The lowest BCUT2D eigenvalue weighted by Gasteiger charge is -2.28. The number of nitrogens with zero attached hydrogens (tertiary/aromatic N) is 4. The number of nitrogens with two attached hydrogens (primary N) is 1. The van der Waals surface area contributed by atoms with E-state index in [1.54, 1.807) is 7.05 Å². The van der Waals surface area contributed by atoms with Crippen molar-refractivity contribution in [2.75, 3.05) is 13.6 Å². The fourth-order valence-electron chi connectivity index (χ4n) is 1.51. The average Bonchev–Trinajstić information content (AvgIpc) is 2.63. The molecule has 0 aliphatic carbocycles. The SMILES string of the molecule is CN=C(N)N1CCn2ccnc2C1. The number of hydrogen-bond donors (Lipinski definition) is 1. The van der Waals surface area contributed by atoms with Gasteiger partial charge in [0.15, 0.2) is 5.96 Å². The Hall–Kier alpha value is -1.52. The maximum absolute atomic E-state index is 5.71. The monoisotopic (exact) mass is 179 g/mol. The van der Waals surface area contributed by atoms with E-state index >= 15 is 0 Å². The summed E-state index contributed by atoms with van der Waals surface area (Å²) < 4.78 is 2.14. The highest BCUT2D eigenvalue weighted by Gasteiger charge is 2.17. The Morgan fingerprint density at radius 2 is 2.46 bits per heavy atom. The molecule has 0 saturated heterocycles. The fraction of sp³-hybridized carbons (Fsp3) is 0.500.